The van der Waals surface area contributed by atoms with E-state index in [0.717, 1.165) is 51.3 Å². The van der Waals surface area contributed by atoms with E-state index in [4.69, 9.17) is 9.47 Å². The molecule has 0 radical (unpaired) electrons. The van der Waals surface area contributed by atoms with Gasteiger partial charge in [0.25, 0.3) is 0 Å². The third-order valence-electron chi connectivity index (χ3n) is 5.78. The van der Waals surface area contributed by atoms with Crippen molar-refractivity contribution >= 4 is 0 Å². The van der Waals surface area contributed by atoms with Crippen molar-refractivity contribution in [2.45, 2.75) is 57.3 Å². The molecular weight excluding hydrogens is 340 g/mol. The molecule has 0 aliphatic carbocycles. The highest BCUT2D eigenvalue weighted by Crippen LogP contribution is 2.19. The van der Waals surface area contributed by atoms with Gasteiger partial charge < -0.3 is 19.5 Å². The highest BCUT2D eigenvalue weighted by atomic mass is 16.5. The number of hydrogen-bond acceptors (Lipinski definition) is 5. The molecule has 2 aliphatic heterocycles. The molecule has 1 unspecified atom stereocenters. The highest BCUT2D eigenvalue weighted by Gasteiger charge is 2.19. The van der Waals surface area contributed by atoms with Crippen LogP contribution in [0.3, 0.4) is 0 Å². The number of aliphatic hydroxyl groups excluding tert-OH is 1. The summed E-state index contributed by atoms with van der Waals surface area (Å²) in [6.07, 6.45) is 7.33. The number of methoxy groups -OCH3 is 1. The number of β-amino-alcohol motifs (C(OH)–C–C–N with tert-alkyl or cyclic N) is 1. The lowest BCUT2D eigenvalue weighted by atomic mass is 10.1. The molecule has 152 valence electrons. The summed E-state index contributed by atoms with van der Waals surface area (Å²) in [5.41, 5.74) is 1.27. The summed E-state index contributed by atoms with van der Waals surface area (Å²) in [4.78, 5) is 4.85. The van der Waals surface area contributed by atoms with Crippen LogP contribution in [-0.2, 0) is 11.3 Å². The Morgan fingerprint density at radius 2 is 1.78 bits per heavy atom. The van der Waals surface area contributed by atoms with Gasteiger partial charge in [-0.1, -0.05) is 25.0 Å². The summed E-state index contributed by atoms with van der Waals surface area (Å²) in [6, 6.07) is 8.30. The minimum absolute atomic E-state index is 0.360. The van der Waals surface area contributed by atoms with Gasteiger partial charge in [-0.05, 0) is 56.5 Å². The van der Waals surface area contributed by atoms with Gasteiger partial charge in [-0.15, -0.1) is 0 Å². The molecule has 5 nitrogen and oxygen atoms in total. The average molecular weight is 377 g/mol. The Bertz CT molecular complexity index is 538. The van der Waals surface area contributed by atoms with Gasteiger partial charge in [0.15, 0.2) is 0 Å². The molecule has 0 saturated carbocycles. The Morgan fingerprint density at radius 3 is 2.48 bits per heavy atom. The molecule has 0 bridgehead atoms. The molecule has 1 atom stereocenters. The minimum atomic E-state index is -0.431. The fourth-order valence-corrected chi connectivity index (χ4v) is 4.16. The second-order valence-corrected chi connectivity index (χ2v) is 8.04. The highest BCUT2D eigenvalue weighted by molar-refractivity contribution is 5.28. The first kappa shape index (κ1) is 20.6. The summed E-state index contributed by atoms with van der Waals surface area (Å²) in [5.74, 6) is 0.856. The molecule has 2 fully saturated rings. The first-order valence-corrected chi connectivity index (χ1v) is 10.6. The Labute approximate surface area is 164 Å². The van der Waals surface area contributed by atoms with Crippen LogP contribution in [0.15, 0.2) is 24.3 Å². The Kier molecular flexibility index (Phi) is 8.39. The Balaban J connectivity index is 1.42. The molecule has 1 aromatic rings. The lowest BCUT2D eigenvalue weighted by molar-refractivity contribution is 0.0388. The van der Waals surface area contributed by atoms with E-state index in [0.29, 0.717) is 19.3 Å². The van der Waals surface area contributed by atoms with Crippen LogP contribution >= 0.6 is 0 Å². The normalized spacial score (nSPS) is 21.7. The van der Waals surface area contributed by atoms with E-state index in [1.54, 1.807) is 0 Å². The van der Waals surface area contributed by atoms with E-state index < -0.39 is 6.10 Å². The molecule has 1 N–H and O–H groups in total. The topological polar surface area (TPSA) is 45.2 Å². The maximum atomic E-state index is 10.3. The van der Waals surface area contributed by atoms with Crippen molar-refractivity contribution in [3.05, 3.63) is 29.8 Å². The van der Waals surface area contributed by atoms with Gasteiger partial charge in [-0.25, -0.2) is 0 Å². The van der Waals surface area contributed by atoms with E-state index in [9.17, 15) is 5.11 Å². The number of aliphatic hydroxyl groups is 1. The third-order valence-corrected chi connectivity index (χ3v) is 5.78. The number of ether oxygens (including phenoxy) is 2. The molecular formula is C22H36N2O3. The first-order valence-electron chi connectivity index (χ1n) is 10.6. The predicted molar refractivity (Wildman–Crippen MR) is 108 cm³/mol. The molecule has 5 heteroatoms. The zero-order valence-corrected chi connectivity index (χ0v) is 16.8. The van der Waals surface area contributed by atoms with Crippen molar-refractivity contribution in [1.29, 1.82) is 0 Å². The second-order valence-electron chi connectivity index (χ2n) is 8.04. The molecule has 2 aliphatic rings. The molecule has 3 rings (SSSR count). The lowest BCUT2D eigenvalue weighted by Gasteiger charge is -2.31. The second kappa shape index (κ2) is 11.0. The average Bonchev–Trinajstić information content (AvgIpc) is 2.96. The van der Waals surface area contributed by atoms with E-state index >= 15 is 0 Å². The number of benzene rings is 1. The van der Waals surface area contributed by atoms with Crippen LogP contribution in [0.4, 0.5) is 0 Å². The van der Waals surface area contributed by atoms with E-state index in [1.807, 2.05) is 19.2 Å². The van der Waals surface area contributed by atoms with Gasteiger partial charge in [0.2, 0.25) is 0 Å². The summed E-state index contributed by atoms with van der Waals surface area (Å²) in [6.45, 7) is 6.40. The van der Waals surface area contributed by atoms with Crippen LogP contribution in [0.1, 0.15) is 44.1 Å². The van der Waals surface area contributed by atoms with Gasteiger partial charge in [-0.3, -0.25) is 4.90 Å². The summed E-state index contributed by atoms with van der Waals surface area (Å²) in [7, 11) is 1.81. The number of hydrogen-bond donors (Lipinski definition) is 1. The third kappa shape index (κ3) is 7.07. The molecule has 1 aromatic carbocycles. The lowest BCUT2D eigenvalue weighted by Crippen LogP contribution is -2.36. The number of rotatable bonds is 8. The standard InChI is InChI=1S/C22H36N2O3/c1-26-21-9-13-24(14-10-21)16-19-7-6-8-22(15-19)27-18-20(25)17-23-11-4-2-3-5-12-23/h6-8,15,20-21,25H,2-5,9-14,16-18H2,1H3. The predicted octanol–water partition coefficient (Wildman–Crippen LogP) is 2.91. The van der Waals surface area contributed by atoms with Crippen molar-refractivity contribution in [2.24, 2.45) is 0 Å². The van der Waals surface area contributed by atoms with Crippen molar-refractivity contribution in [2.75, 3.05) is 46.4 Å². The maximum absolute atomic E-state index is 10.3. The van der Waals surface area contributed by atoms with Crippen LogP contribution < -0.4 is 4.74 Å². The van der Waals surface area contributed by atoms with Crippen LogP contribution in [0, 0.1) is 0 Å². The number of piperidine rings is 1. The maximum Gasteiger partial charge on any atom is 0.119 e. The first-order chi connectivity index (χ1) is 13.2. The van der Waals surface area contributed by atoms with Crippen LogP contribution in [0.2, 0.25) is 0 Å². The number of likely N-dealkylation sites (tertiary alicyclic amines) is 2. The van der Waals surface area contributed by atoms with Gasteiger partial charge in [0.05, 0.1) is 6.10 Å². The minimum Gasteiger partial charge on any atom is -0.491 e. The summed E-state index contributed by atoms with van der Waals surface area (Å²) < 4.78 is 11.3. The zero-order valence-electron chi connectivity index (χ0n) is 16.8. The fraction of sp³-hybridized carbons (Fsp3) is 0.727. The van der Waals surface area contributed by atoms with Crippen molar-refractivity contribution in [3.63, 3.8) is 0 Å². The Hall–Kier alpha value is -1.14. The molecule has 2 heterocycles. The molecule has 2 saturated heterocycles. The fourth-order valence-electron chi connectivity index (χ4n) is 4.16. The number of nitrogens with zero attached hydrogens (tertiary/aromatic N) is 2. The van der Waals surface area contributed by atoms with Gasteiger partial charge in [0.1, 0.15) is 18.5 Å². The monoisotopic (exact) mass is 376 g/mol. The van der Waals surface area contributed by atoms with E-state index in [1.165, 1.54) is 31.2 Å². The quantitative estimate of drug-likeness (QED) is 0.756. The summed E-state index contributed by atoms with van der Waals surface area (Å²) in [5, 5.41) is 10.3. The largest absolute Gasteiger partial charge is 0.491 e. The van der Waals surface area contributed by atoms with Crippen molar-refractivity contribution < 1.29 is 14.6 Å². The molecule has 0 amide bonds. The SMILES string of the molecule is COC1CCN(Cc2cccc(OCC(O)CN3CCCCCC3)c2)CC1. The van der Waals surface area contributed by atoms with Crippen LogP contribution in [0.25, 0.3) is 0 Å². The van der Waals surface area contributed by atoms with Crippen molar-refractivity contribution in [3.8, 4) is 5.75 Å². The van der Waals surface area contributed by atoms with Gasteiger partial charge >= 0.3 is 0 Å². The van der Waals surface area contributed by atoms with Gasteiger partial charge in [0, 0.05) is 33.3 Å². The van der Waals surface area contributed by atoms with E-state index in [2.05, 4.69) is 21.9 Å². The van der Waals surface area contributed by atoms with Crippen LogP contribution in [-0.4, -0.2) is 73.6 Å². The molecule has 27 heavy (non-hydrogen) atoms. The van der Waals surface area contributed by atoms with Crippen LogP contribution in [0.5, 0.6) is 5.75 Å². The summed E-state index contributed by atoms with van der Waals surface area (Å²) >= 11 is 0. The molecule has 0 aromatic heterocycles. The van der Waals surface area contributed by atoms with Crippen molar-refractivity contribution in [1.82, 2.24) is 9.80 Å². The smallest absolute Gasteiger partial charge is 0.119 e. The molecule has 0 spiro atoms. The Morgan fingerprint density at radius 1 is 1.04 bits per heavy atom. The zero-order chi connectivity index (χ0) is 18.9. The van der Waals surface area contributed by atoms with Gasteiger partial charge in [-0.2, -0.15) is 0 Å². The van der Waals surface area contributed by atoms with E-state index in [-0.39, 0.29) is 0 Å².